The summed E-state index contributed by atoms with van der Waals surface area (Å²) in [7, 11) is 0. The molecule has 128 valence electrons. The van der Waals surface area contributed by atoms with Crippen molar-refractivity contribution in [3.63, 3.8) is 0 Å². The van der Waals surface area contributed by atoms with Crippen molar-refractivity contribution >= 4 is 0 Å². The highest BCUT2D eigenvalue weighted by molar-refractivity contribution is 5.28. The number of hydrogen-bond acceptors (Lipinski definition) is 1. The van der Waals surface area contributed by atoms with Gasteiger partial charge in [0.1, 0.15) is 6.67 Å². The summed E-state index contributed by atoms with van der Waals surface area (Å²) in [5.41, 5.74) is 0.744. The summed E-state index contributed by atoms with van der Waals surface area (Å²) in [6, 6.07) is 3.34. The molecule has 1 aromatic carbocycles. The Hall–Kier alpha value is -1.29. The van der Waals surface area contributed by atoms with E-state index >= 15 is 0 Å². The lowest BCUT2D eigenvalue weighted by molar-refractivity contribution is -0.00751. The number of ether oxygens (including phenoxy) is 1. The summed E-state index contributed by atoms with van der Waals surface area (Å²) in [6.07, 6.45) is 7.77. The number of aryl methyl sites for hydroxylation is 1. The minimum Gasteiger partial charge on any atom is -0.373 e. The highest BCUT2D eigenvalue weighted by Gasteiger charge is 2.26. The van der Waals surface area contributed by atoms with Gasteiger partial charge in [-0.05, 0) is 31.2 Å². The fourth-order valence-electron chi connectivity index (χ4n) is 3.02. The number of halogens is 3. The SMILES string of the molecule is CCCCCc1ccc(C2CCC(/C=C/CF)CO2)c(F)c1F. The Morgan fingerprint density at radius 1 is 1.17 bits per heavy atom. The normalized spacial score (nSPS) is 21.9. The van der Waals surface area contributed by atoms with Gasteiger partial charge in [-0.15, -0.1) is 0 Å². The highest BCUT2D eigenvalue weighted by atomic mass is 19.2. The van der Waals surface area contributed by atoms with Crippen LogP contribution in [-0.2, 0) is 11.2 Å². The van der Waals surface area contributed by atoms with Crippen LogP contribution in [0.15, 0.2) is 24.3 Å². The molecule has 2 atom stereocenters. The van der Waals surface area contributed by atoms with Crippen molar-refractivity contribution in [1.82, 2.24) is 0 Å². The van der Waals surface area contributed by atoms with E-state index in [4.69, 9.17) is 4.74 Å². The van der Waals surface area contributed by atoms with E-state index in [2.05, 4.69) is 6.92 Å². The number of rotatable bonds is 7. The Morgan fingerprint density at radius 3 is 2.65 bits per heavy atom. The second-order valence-electron chi connectivity index (χ2n) is 6.14. The second-order valence-corrected chi connectivity index (χ2v) is 6.14. The first kappa shape index (κ1) is 18.1. The fraction of sp³-hybridized carbons (Fsp3) is 0.579. The van der Waals surface area contributed by atoms with Gasteiger partial charge in [-0.2, -0.15) is 0 Å². The molecule has 1 nitrogen and oxygen atoms in total. The van der Waals surface area contributed by atoms with Crippen molar-refractivity contribution in [2.75, 3.05) is 13.3 Å². The van der Waals surface area contributed by atoms with E-state index < -0.39 is 24.4 Å². The maximum absolute atomic E-state index is 14.3. The van der Waals surface area contributed by atoms with Crippen LogP contribution < -0.4 is 0 Å². The molecule has 0 amide bonds. The monoisotopic (exact) mass is 326 g/mol. The van der Waals surface area contributed by atoms with Crippen molar-refractivity contribution in [3.8, 4) is 0 Å². The summed E-state index contributed by atoms with van der Waals surface area (Å²) in [5.74, 6) is -1.35. The fourth-order valence-corrected chi connectivity index (χ4v) is 3.02. The summed E-state index contributed by atoms with van der Waals surface area (Å²) < 4.78 is 46.3. The molecular weight excluding hydrogens is 301 g/mol. The van der Waals surface area contributed by atoms with Gasteiger partial charge in [-0.1, -0.05) is 44.1 Å². The molecule has 0 radical (unpaired) electrons. The molecule has 1 fully saturated rings. The smallest absolute Gasteiger partial charge is 0.164 e. The average molecular weight is 326 g/mol. The minimum absolute atomic E-state index is 0.156. The van der Waals surface area contributed by atoms with Crippen LogP contribution in [0, 0.1) is 17.6 Å². The van der Waals surface area contributed by atoms with Gasteiger partial charge in [0.2, 0.25) is 0 Å². The Bertz CT molecular complexity index is 520. The van der Waals surface area contributed by atoms with Crippen LogP contribution in [0.4, 0.5) is 13.2 Å². The number of hydrogen-bond donors (Lipinski definition) is 0. The van der Waals surface area contributed by atoms with Crippen molar-refractivity contribution in [2.24, 2.45) is 5.92 Å². The predicted molar refractivity (Wildman–Crippen MR) is 86.1 cm³/mol. The van der Waals surface area contributed by atoms with Crippen molar-refractivity contribution in [2.45, 2.75) is 51.6 Å². The van der Waals surface area contributed by atoms with Gasteiger partial charge in [0, 0.05) is 11.5 Å². The maximum atomic E-state index is 14.3. The molecule has 1 aromatic rings. The van der Waals surface area contributed by atoms with Crippen LogP contribution in [0.2, 0.25) is 0 Å². The van der Waals surface area contributed by atoms with Gasteiger partial charge in [-0.25, -0.2) is 13.2 Å². The van der Waals surface area contributed by atoms with Crippen molar-refractivity contribution < 1.29 is 17.9 Å². The first-order chi connectivity index (χ1) is 11.2. The van der Waals surface area contributed by atoms with Crippen LogP contribution in [0.3, 0.4) is 0 Å². The standard InChI is InChI=1S/C19H25F3O/c1-2-3-4-7-15-9-10-16(19(22)18(15)21)17-11-8-14(13-23-17)6-5-12-20/h5-6,9-10,14,17H,2-4,7-8,11-13H2,1H3/b6-5+. The third-order valence-electron chi connectivity index (χ3n) is 4.40. The molecular formula is C19H25F3O. The summed E-state index contributed by atoms with van der Waals surface area (Å²) in [5, 5.41) is 0. The summed E-state index contributed by atoms with van der Waals surface area (Å²) >= 11 is 0. The van der Waals surface area contributed by atoms with Crippen LogP contribution in [0.25, 0.3) is 0 Å². The molecule has 2 unspecified atom stereocenters. The van der Waals surface area contributed by atoms with Crippen LogP contribution >= 0.6 is 0 Å². The van der Waals surface area contributed by atoms with Gasteiger partial charge < -0.3 is 4.74 Å². The van der Waals surface area contributed by atoms with Crippen molar-refractivity contribution in [1.29, 1.82) is 0 Å². The highest BCUT2D eigenvalue weighted by Crippen LogP contribution is 2.34. The number of alkyl halides is 1. The molecule has 0 N–H and O–H groups in total. The molecule has 1 aliphatic heterocycles. The zero-order valence-electron chi connectivity index (χ0n) is 13.7. The van der Waals surface area contributed by atoms with E-state index in [-0.39, 0.29) is 5.92 Å². The third-order valence-corrected chi connectivity index (χ3v) is 4.40. The zero-order valence-corrected chi connectivity index (χ0v) is 13.7. The van der Waals surface area contributed by atoms with E-state index in [1.165, 1.54) is 6.08 Å². The lowest BCUT2D eigenvalue weighted by Gasteiger charge is -2.28. The lowest BCUT2D eigenvalue weighted by atomic mass is 9.93. The molecule has 0 spiro atoms. The first-order valence-corrected chi connectivity index (χ1v) is 8.48. The molecule has 0 bridgehead atoms. The van der Waals surface area contributed by atoms with Gasteiger partial charge >= 0.3 is 0 Å². The Labute approximate surface area is 136 Å². The number of unbranched alkanes of at least 4 members (excludes halogenated alkanes) is 2. The molecule has 0 saturated carbocycles. The minimum atomic E-state index is -0.776. The van der Waals surface area contributed by atoms with E-state index in [0.29, 0.717) is 30.6 Å². The quantitative estimate of drug-likeness (QED) is 0.462. The molecule has 1 heterocycles. The Kier molecular flexibility index (Phi) is 7.15. The molecule has 0 aliphatic carbocycles. The van der Waals surface area contributed by atoms with Gasteiger partial charge in [0.05, 0.1) is 12.7 Å². The Morgan fingerprint density at radius 2 is 2.00 bits per heavy atom. The van der Waals surface area contributed by atoms with E-state index in [1.54, 1.807) is 18.2 Å². The van der Waals surface area contributed by atoms with E-state index in [0.717, 1.165) is 25.7 Å². The van der Waals surface area contributed by atoms with Crippen LogP contribution in [-0.4, -0.2) is 13.3 Å². The van der Waals surface area contributed by atoms with Crippen LogP contribution in [0.1, 0.15) is 56.3 Å². The zero-order chi connectivity index (χ0) is 16.7. The molecule has 23 heavy (non-hydrogen) atoms. The molecule has 2 rings (SSSR count). The second kappa shape index (κ2) is 9.11. The lowest BCUT2D eigenvalue weighted by Crippen LogP contribution is -2.20. The van der Waals surface area contributed by atoms with E-state index in [1.807, 2.05) is 0 Å². The topological polar surface area (TPSA) is 9.23 Å². The first-order valence-electron chi connectivity index (χ1n) is 8.48. The third kappa shape index (κ3) is 4.84. The van der Waals surface area contributed by atoms with Gasteiger partial charge in [-0.3, -0.25) is 0 Å². The summed E-state index contributed by atoms with van der Waals surface area (Å²) in [4.78, 5) is 0. The number of allylic oxidation sites excluding steroid dienone is 1. The number of benzene rings is 1. The van der Waals surface area contributed by atoms with Crippen LogP contribution in [0.5, 0.6) is 0 Å². The largest absolute Gasteiger partial charge is 0.373 e. The molecule has 1 aliphatic rings. The molecule has 1 saturated heterocycles. The molecule has 4 heteroatoms. The van der Waals surface area contributed by atoms with Gasteiger partial charge in [0.15, 0.2) is 11.6 Å². The van der Waals surface area contributed by atoms with E-state index in [9.17, 15) is 13.2 Å². The van der Waals surface area contributed by atoms with Gasteiger partial charge in [0.25, 0.3) is 0 Å². The maximum Gasteiger partial charge on any atom is 0.164 e. The Balaban J connectivity index is 2.01. The predicted octanol–water partition coefficient (Wildman–Crippen LogP) is 5.69. The average Bonchev–Trinajstić information content (AvgIpc) is 2.58. The summed E-state index contributed by atoms with van der Waals surface area (Å²) in [6.45, 7) is 2.01. The van der Waals surface area contributed by atoms with Crippen molar-refractivity contribution in [3.05, 3.63) is 47.0 Å². The molecule has 0 aromatic heterocycles.